The molecule has 6 heteroatoms. The first kappa shape index (κ1) is 19.5. The molecule has 2 N–H and O–H groups in total. The third kappa shape index (κ3) is 6.78. The molecule has 0 aliphatic carbocycles. The van der Waals surface area contributed by atoms with Gasteiger partial charge in [0, 0.05) is 20.1 Å². The normalized spacial score (nSPS) is 11.0. The van der Waals surface area contributed by atoms with E-state index >= 15 is 0 Å². The van der Waals surface area contributed by atoms with Gasteiger partial charge in [-0.25, -0.2) is 0 Å². The molecule has 0 aliphatic heterocycles. The van der Waals surface area contributed by atoms with Crippen molar-refractivity contribution in [2.75, 3.05) is 20.7 Å². The second-order valence-electron chi connectivity index (χ2n) is 4.67. The maximum absolute atomic E-state index is 5.21. The molecular formula is C14H23BrIN3O. The molecule has 114 valence electrons. The molecule has 1 aromatic rings. The van der Waals surface area contributed by atoms with E-state index in [2.05, 4.69) is 45.4 Å². The minimum atomic E-state index is 0. The highest BCUT2D eigenvalue weighted by Gasteiger charge is 2.03. The lowest BCUT2D eigenvalue weighted by atomic mass is 10.2. The number of ether oxygens (including phenoxy) is 1. The Morgan fingerprint density at radius 2 is 2.05 bits per heavy atom. The van der Waals surface area contributed by atoms with Crippen molar-refractivity contribution < 1.29 is 4.74 Å². The average molecular weight is 456 g/mol. The van der Waals surface area contributed by atoms with Gasteiger partial charge in [-0.15, -0.1) is 24.0 Å². The number of aliphatic imine (C=N–C) groups is 1. The number of benzene rings is 1. The lowest BCUT2D eigenvalue weighted by Gasteiger charge is -2.14. The van der Waals surface area contributed by atoms with Crippen LogP contribution in [0.25, 0.3) is 0 Å². The number of rotatable bonds is 5. The summed E-state index contributed by atoms with van der Waals surface area (Å²) in [5.74, 6) is 2.25. The van der Waals surface area contributed by atoms with Crippen LogP contribution in [-0.2, 0) is 6.54 Å². The minimum absolute atomic E-state index is 0. The maximum atomic E-state index is 5.21. The second-order valence-corrected chi connectivity index (χ2v) is 5.52. The highest BCUT2D eigenvalue weighted by Crippen LogP contribution is 2.25. The summed E-state index contributed by atoms with van der Waals surface area (Å²) >= 11 is 3.48. The summed E-state index contributed by atoms with van der Waals surface area (Å²) < 4.78 is 6.17. The molecule has 0 aromatic heterocycles. The summed E-state index contributed by atoms with van der Waals surface area (Å²) in [6, 6.07) is 6.03. The van der Waals surface area contributed by atoms with Crippen LogP contribution in [0.4, 0.5) is 0 Å². The summed E-state index contributed by atoms with van der Waals surface area (Å²) in [4.78, 5) is 4.19. The van der Waals surface area contributed by atoms with Gasteiger partial charge in [-0.1, -0.05) is 19.9 Å². The lowest BCUT2D eigenvalue weighted by molar-refractivity contribution is 0.412. The standard InChI is InChI=1S/C14H22BrN3O.HI/c1-10(2)8-17-14(16-3)18-9-11-5-6-13(19-4)12(15)7-11;/h5-7,10H,8-9H2,1-4H3,(H2,16,17,18);1H. The summed E-state index contributed by atoms with van der Waals surface area (Å²) in [5, 5.41) is 6.56. The minimum Gasteiger partial charge on any atom is -0.496 e. The van der Waals surface area contributed by atoms with Crippen molar-refractivity contribution in [3.63, 3.8) is 0 Å². The zero-order chi connectivity index (χ0) is 14.3. The van der Waals surface area contributed by atoms with Gasteiger partial charge in [0.25, 0.3) is 0 Å². The molecule has 0 unspecified atom stereocenters. The van der Waals surface area contributed by atoms with Crippen LogP contribution < -0.4 is 15.4 Å². The quantitative estimate of drug-likeness (QED) is 0.406. The molecule has 0 radical (unpaired) electrons. The smallest absolute Gasteiger partial charge is 0.191 e. The summed E-state index contributed by atoms with van der Waals surface area (Å²) in [6.45, 7) is 5.97. The highest BCUT2D eigenvalue weighted by molar-refractivity contribution is 14.0. The summed E-state index contributed by atoms with van der Waals surface area (Å²) in [6.07, 6.45) is 0. The van der Waals surface area contributed by atoms with Crippen LogP contribution in [0.5, 0.6) is 5.75 Å². The van der Waals surface area contributed by atoms with Crippen molar-refractivity contribution in [3.05, 3.63) is 28.2 Å². The lowest BCUT2D eigenvalue weighted by Crippen LogP contribution is -2.38. The van der Waals surface area contributed by atoms with Gasteiger partial charge in [-0.3, -0.25) is 4.99 Å². The predicted octanol–water partition coefficient (Wildman–Crippen LogP) is 3.40. The Morgan fingerprint density at radius 3 is 2.55 bits per heavy atom. The van der Waals surface area contributed by atoms with E-state index in [4.69, 9.17) is 4.74 Å². The van der Waals surface area contributed by atoms with Gasteiger partial charge in [0.05, 0.1) is 11.6 Å². The van der Waals surface area contributed by atoms with Gasteiger partial charge in [-0.05, 0) is 39.5 Å². The average Bonchev–Trinajstić information content (AvgIpc) is 2.39. The topological polar surface area (TPSA) is 45.7 Å². The van der Waals surface area contributed by atoms with Gasteiger partial charge < -0.3 is 15.4 Å². The van der Waals surface area contributed by atoms with Crippen molar-refractivity contribution in [1.82, 2.24) is 10.6 Å². The molecule has 20 heavy (non-hydrogen) atoms. The fraction of sp³-hybridized carbons (Fsp3) is 0.500. The Bertz CT molecular complexity index is 438. The van der Waals surface area contributed by atoms with Gasteiger partial charge in [0.15, 0.2) is 5.96 Å². The van der Waals surface area contributed by atoms with Crippen LogP contribution in [-0.4, -0.2) is 26.7 Å². The first-order valence-corrected chi connectivity index (χ1v) is 7.13. The molecule has 1 aromatic carbocycles. The number of halogens is 2. The number of guanidine groups is 1. The summed E-state index contributed by atoms with van der Waals surface area (Å²) in [5.41, 5.74) is 1.17. The van der Waals surface area contributed by atoms with Crippen molar-refractivity contribution in [1.29, 1.82) is 0 Å². The zero-order valence-electron chi connectivity index (χ0n) is 12.4. The Labute approximate surface area is 146 Å². The number of hydrogen-bond acceptors (Lipinski definition) is 2. The van der Waals surface area contributed by atoms with Crippen molar-refractivity contribution in [2.45, 2.75) is 20.4 Å². The van der Waals surface area contributed by atoms with Gasteiger partial charge >= 0.3 is 0 Å². The SMILES string of the molecule is CN=C(NCc1ccc(OC)c(Br)c1)NCC(C)C.I. The van der Waals surface area contributed by atoms with Gasteiger partial charge in [0.2, 0.25) is 0 Å². The highest BCUT2D eigenvalue weighted by atomic mass is 127. The Balaban J connectivity index is 0.00000361. The first-order chi connectivity index (χ1) is 9.06. The van der Waals surface area contributed by atoms with E-state index in [0.29, 0.717) is 5.92 Å². The van der Waals surface area contributed by atoms with Crippen molar-refractivity contribution in [3.8, 4) is 5.75 Å². The Morgan fingerprint density at radius 1 is 1.35 bits per heavy atom. The van der Waals surface area contributed by atoms with E-state index in [1.165, 1.54) is 5.56 Å². The number of hydrogen-bond donors (Lipinski definition) is 2. The van der Waals surface area contributed by atoms with E-state index in [1.807, 2.05) is 18.2 Å². The van der Waals surface area contributed by atoms with E-state index in [-0.39, 0.29) is 24.0 Å². The molecule has 0 amide bonds. The molecule has 0 atom stereocenters. The molecule has 4 nitrogen and oxygen atoms in total. The maximum Gasteiger partial charge on any atom is 0.191 e. The fourth-order valence-electron chi connectivity index (χ4n) is 1.53. The van der Waals surface area contributed by atoms with Gasteiger partial charge in [0.1, 0.15) is 5.75 Å². The first-order valence-electron chi connectivity index (χ1n) is 6.33. The molecule has 0 spiro atoms. The largest absolute Gasteiger partial charge is 0.496 e. The molecular weight excluding hydrogens is 433 g/mol. The molecule has 0 aliphatic rings. The molecule has 0 fully saturated rings. The van der Waals surface area contributed by atoms with E-state index in [1.54, 1.807) is 14.2 Å². The third-order valence-electron chi connectivity index (χ3n) is 2.58. The number of nitrogens with zero attached hydrogens (tertiary/aromatic N) is 1. The Kier molecular flexibility index (Phi) is 10.0. The second kappa shape index (κ2) is 10.3. The monoisotopic (exact) mass is 455 g/mol. The van der Waals surface area contributed by atoms with Crippen molar-refractivity contribution >= 4 is 45.9 Å². The fourth-order valence-corrected chi connectivity index (χ4v) is 2.12. The van der Waals surface area contributed by atoms with E-state index in [9.17, 15) is 0 Å². The molecule has 0 saturated carbocycles. The number of nitrogens with one attached hydrogen (secondary N) is 2. The van der Waals surface area contributed by atoms with E-state index in [0.717, 1.165) is 29.3 Å². The van der Waals surface area contributed by atoms with Crippen LogP contribution in [0.1, 0.15) is 19.4 Å². The molecule has 1 rings (SSSR count). The zero-order valence-corrected chi connectivity index (χ0v) is 16.3. The molecule has 0 heterocycles. The van der Waals surface area contributed by atoms with E-state index < -0.39 is 0 Å². The van der Waals surface area contributed by atoms with Crippen LogP contribution in [0.3, 0.4) is 0 Å². The van der Waals surface area contributed by atoms with Gasteiger partial charge in [-0.2, -0.15) is 0 Å². The molecule has 0 bridgehead atoms. The number of methoxy groups -OCH3 is 1. The van der Waals surface area contributed by atoms with Crippen LogP contribution >= 0.6 is 39.9 Å². The van der Waals surface area contributed by atoms with Crippen molar-refractivity contribution in [2.24, 2.45) is 10.9 Å². The summed E-state index contributed by atoms with van der Waals surface area (Å²) in [7, 11) is 3.44. The molecule has 0 saturated heterocycles. The Hall–Kier alpha value is -0.500. The predicted molar refractivity (Wildman–Crippen MR) is 99.1 cm³/mol. The van der Waals surface area contributed by atoms with Crippen LogP contribution in [0, 0.1) is 5.92 Å². The third-order valence-corrected chi connectivity index (χ3v) is 3.20. The van der Waals surface area contributed by atoms with Crippen LogP contribution in [0.15, 0.2) is 27.7 Å². The van der Waals surface area contributed by atoms with Crippen LogP contribution in [0.2, 0.25) is 0 Å².